The lowest BCUT2D eigenvalue weighted by atomic mass is 10.0. The van der Waals surface area contributed by atoms with Crippen molar-refractivity contribution in [2.45, 2.75) is 46.2 Å². The minimum absolute atomic E-state index is 0.272. The monoisotopic (exact) mass is 455 g/mol. The molecule has 0 saturated heterocycles. The number of amides is 4. The third kappa shape index (κ3) is 8.08. The molecular formula is C19H26BrN3O5. The van der Waals surface area contributed by atoms with E-state index in [4.69, 9.17) is 4.74 Å². The second kappa shape index (κ2) is 10.2. The smallest absolute Gasteiger partial charge is 0.329 e. The SMILES string of the molecule is CC(C)[C@@H](NC(=O)c1ccccc1Br)C(=O)OCC(=O)NC(=O)NC(C)(C)C. The number of halogens is 1. The average Bonchev–Trinajstić information content (AvgIpc) is 2.55. The van der Waals surface area contributed by atoms with Crippen LogP contribution in [0.2, 0.25) is 0 Å². The summed E-state index contributed by atoms with van der Waals surface area (Å²) in [5, 5.41) is 7.24. The van der Waals surface area contributed by atoms with Crippen LogP contribution in [0.15, 0.2) is 28.7 Å². The van der Waals surface area contributed by atoms with Crippen LogP contribution in [0, 0.1) is 5.92 Å². The molecule has 0 heterocycles. The Kier molecular flexibility index (Phi) is 8.62. The van der Waals surface area contributed by atoms with Crippen LogP contribution >= 0.6 is 15.9 Å². The standard InChI is InChI=1S/C19H26BrN3O5/c1-11(2)15(22-16(25)12-8-6-7-9-13(12)20)17(26)28-10-14(24)21-18(27)23-19(3,4)5/h6-9,11,15H,10H2,1-5H3,(H,22,25)(H2,21,23,24,27)/t15-/m1/s1. The molecule has 1 aromatic carbocycles. The van der Waals surface area contributed by atoms with E-state index in [0.29, 0.717) is 10.0 Å². The fourth-order valence-corrected chi connectivity index (χ4v) is 2.59. The summed E-state index contributed by atoms with van der Waals surface area (Å²) in [4.78, 5) is 48.2. The maximum Gasteiger partial charge on any atom is 0.329 e. The maximum atomic E-state index is 12.4. The maximum absolute atomic E-state index is 12.4. The highest BCUT2D eigenvalue weighted by Crippen LogP contribution is 2.16. The molecule has 28 heavy (non-hydrogen) atoms. The van der Waals surface area contributed by atoms with Crippen molar-refractivity contribution in [3.05, 3.63) is 34.3 Å². The molecule has 154 valence electrons. The zero-order chi connectivity index (χ0) is 21.5. The molecule has 0 fully saturated rings. The van der Waals surface area contributed by atoms with Crippen LogP contribution in [0.1, 0.15) is 45.0 Å². The summed E-state index contributed by atoms with van der Waals surface area (Å²) in [6.07, 6.45) is 0. The number of hydrogen-bond acceptors (Lipinski definition) is 5. The van der Waals surface area contributed by atoms with Crippen LogP contribution in [-0.4, -0.2) is 42.0 Å². The molecule has 0 unspecified atom stereocenters. The van der Waals surface area contributed by atoms with E-state index in [1.165, 1.54) is 0 Å². The number of imide groups is 1. The topological polar surface area (TPSA) is 114 Å². The van der Waals surface area contributed by atoms with Gasteiger partial charge in [-0.2, -0.15) is 0 Å². The molecule has 0 radical (unpaired) electrons. The number of nitrogens with one attached hydrogen (secondary N) is 3. The first-order valence-corrected chi connectivity index (χ1v) is 9.54. The molecule has 0 aromatic heterocycles. The zero-order valence-corrected chi connectivity index (χ0v) is 18.2. The number of esters is 1. The number of carbonyl (C=O) groups excluding carboxylic acids is 4. The van der Waals surface area contributed by atoms with Crippen LogP contribution in [0.3, 0.4) is 0 Å². The second-order valence-electron chi connectivity index (χ2n) is 7.54. The molecule has 0 saturated carbocycles. The molecule has 9 heteroatoms. The molecule has 1 rings (SSSR count). The summed E-state index contributed by atoms with van der Waals surface area (Å²) >= 11 is 3.29. The van der Waals surface area contributed by atoms with Crippen molar-refractivity contribution in [3.8, 4) is 0 Å². The minimum Gasteiger partial charge on any atom is -0.454 e. The van der Waals surface area contributed by atoms with Gasteiger partial charge in [-0.25, -0.2) is 9.59 Å². The number of hydrogen-bond donors (Lipinski definition) is 3. The number of rotatable bonds is 6. The Labute approximate surface area is 172 Å². The summed E-state index contributed by atoms with van der Waals surface area (Å²) in [5.74, 6) is -2.25. The zero-order valence-electron chi connectivity index (χ0n) is 16.6. The number of ether oxygens (including phenoxy) is 1. The third-order valence-electron chi connectivity index (χ3n) is 3.41. The molecule has 0 aliphatic rings. The van der Waals surface area contributed by atoms with Gasteiger partial charge in [-0.1, -0.05) is 26.0 Å². The molecule has 1 atom stereocenters. The Hall–Kier alpha value is -2.42. The Morgan fingerprint density at radius 3 is 2.25 bits per heavy atom. The van der Waals surface area contributed by atoms with E-state index < -0.39 is 42.0 Å². The first-order chi connectivity index (χ1) is 12.9. The second-order valence-corrected chi connectivity index (χ2v) is 8.39. The highest BCUT2D eigenvalue weighted by atomic mass is 79.9. The largest absolute Gasteiger partial charge is 0.454 e. The minimum atomic E-state index is -0.948. The molecule has 0 aliphatic heterocycles. The Morgan fingerprint density at radius 1 is 1.11 bits per heavy atom. The van der Waals surface area contributed by atoms with Crippen molar-refractivity contribution in [3.63, 3.8) is 0 Å². The van der Waals surface area contributed by atoms with Gasteiger partial charge in [0.2, 0.25) is 0 Å². The van der Waals surface area contributed by atoms with Crippen LogP contribution in [0.4, 0.5) is 4.79 Å². The first kappa shape index (κ1) is 23.6. The number of urea groups is 1. The number of benzene rings is 1. The van der Waals surface area contributed by atoms with E-state index in [0.717, 1.165) is 0 Å². The molecule has 4 amide bonds. The Morgan fingerprint density at radius 2 is 1.71 bits per heavy atom. The van der Waals surface area contributed by atoms with Crippen molar-refractivity contribution < 1.29 is 23.9 Å². The molecule has 8 nitrogen and oxygen atoms in total. The quantitative estimate of drug-likeness (QED) is 0.569. The molecule has 3 N–H and O–H groups in total. The highest BCUT2D eigenvalue weighted by Gasteiger charge is 2.27. The predicted octanol–water partition coefficient (Wildman–Crippen LogP) is 2.37. The summed E-state index contributed by atoms with van der Waals surface area (Å²) in [6, 6.07) is 5.17. The highest BCUT2D eigenvalue weighted by molar-refractivity contribution is 9.10. The van der Waals surface area contributed by atoms with Crippen LogP contribution in [0.5, 0.6) is 0 Å². The third-order valence-corrected chi connectivity index (χ3v) is 4.10. The summed E-state index contributed by atoms with van der Waals surface area (Å²) < 4.78 is 5.56. The van der Waals surface area contributed by atoms with Crippen LogP contribution in [0.25, 0.3) is 0 Å². The van der Waals surface area contributed by atoms with Gasteiger partial charge in [0.1, 0.15) is 6.04 Å². The van der Waals surface area contributed by atoms with Gasteiger partial charge in [0.15, 0.2) is 6.61 Å². The molecule has 0 bridgehead atoms. The van der Waals surface area contributed by atoms with Gasteiger partial charge in [0.25, 0.3) is 11.8 Å². The van der Waals surface area contributed by atoms with Gasteiger partial charge in [-0.3, -0.25) is 14.9 Å². The fraction of sp³-hybridized carbons (Fsp3) is 0.474. The van der Waals surface area contributed by atoms with Crippen LogP contribution in [-0.2, 0) is 14.3 Å². The van der Waals surface area contributed by atoms with Gasteiger partial charge >= 0.3 is 12.0 Å². The first-order valence-electron chi connectivity index (χ1n) is 8.74. The van der Waals surface area contributed by atoms with Gasteiger partial charge in [0, 0.05) is 10.0 Å². The van der Waals surface area contributed by atoms with E-state index in [-0.39, 0.29) is 5.92 Å². The summed E-state index contributed by atoms with van der Waals surface area (Å²) in [6.45, 7) is 8.13. The molecular weight excluding hydrogens is 430 g/mol. The molecule has 0 spiro atoms. The van der Waals surface area contributed by atoms with E-state index in [2.05, 4.69) is 31.9 Å². The lowest BCUT2D eigenvalue weighted by Crippen LogP contribution is -2.50. The van der Waals surface area contributed by atoms with Gasteiger partial charge < -0.3 is 15.4 Å². The van der Waals surface area contributed by atoms with Crippen molar-refractivity contribution in [2.75, 3.05) is 6.61 Å². The van der Waals surface area contributed by atoms with E-state index in [9.17, 15) is 19.2 Å². The van der Waals surface area contributed by atoms with Gasteiger partial charge in [-0.05, 0) is 54.8 Å². The lowest BCUT2D eigenvalue weighted by molar-refractivity contribution is -0.151. The normalized spacial score (nSPS) is 12.1. The van der Waals surface area contributed by atoms with Crippen LogP contribution < -0.4 is 16.0 Å². The van der Waals surface area contributed by atoms with E-state index in [1.54, 1.807) is 58.9 Å². The number of carbonyl (C=O) groups is 4. The summed E-state index contributed by atoms with van der Waals surface area (Å²) in [7, 11) is 0. The Balaban J connectivity index is 2.63. The van der Waals surface area contributed by atoms with Crippen molar-refractivity contribution in [2.24, 2.45) is 5.92 Å². The molecule has 0 aliphatic carbocycles. The average molecular weight is 456 g/mol. The van der Waals surface area contributed by atoms with Crippen molar-refractivity contribution >= 4 is 39.7 Å². The fourth-order valence-electron chi connectivity index (χ4n) is 2.12. The molecule has 1 aromatic rings. The predicted molar refractivity (Wildman–Crippen MR) is 108 cm³/mol. The van der Waals surface area contributed by atoms with Gasteiger partial charge in [0.05, 0.1) is 5.56 Å². The van der Waals surface area contributed by atoms with E-state index in [1.807, 2.05) is 0 Å². The Bertz CT molecular complexity index is 743. The van der Waals surface area contributed by atoms with Crippen molar-refractivity contribution in [1.82, 2.24) is 16.0 Å². The summed E-state index contributed by atoms with van der Waals surface area (Å²) in [5.41, 5.74) is -0.141. The van der Waals surface area contributed by atoms with Crippen molar-refractivity contribution in [1.29, 1.82) is 0 Å². The lowest BCUT2D eigenvalue weighted by Gasteiger charge is -2.22. The van der Waals surface area contributed by atoms with E-state index >= 15 is 0 Å². The van der Waals surface area contributed by atoms with Gasteiger partial charge in [-0.15, -0.1) is 0 Å².